The van der Waals surface area contributed by atoms with Gasteiger partial charge >= 0.3 is 0 Å². The molecule has 0 heterocycles. The molecular formula is C24H32ClN3O5S. The molecule has 1 N–H and O–H groups in total. The Balaban J connectivity index is 2.37. The van der Waals surface area contributed by atoms with E-state index >= 15 is 0 Å². The van der Waals surface area contributed by atoms with E-state index in [0.29, 0.717) is 23.0 Å². The van der Waals surface area contributed by atoms with Gasteiger partial charge in [-0.3, -0.25) is 13.9 Å². The molecule has 2 amide bonds. The molecule has 2 aromatic rings. The summed E-state index contributed by atoms with van der Waals surface area (Å²) < 4.78 is 31.4. The molecule has 0 radical (unpaired) electrons. The monoisotopic (exact) mass is 509 g/mol. The maximum atomic E-state index is 13.5. The number of halogens is 1. The molecule has 0 aliphatic heterocycles. The summed E-state index contributed by atoms with van der Waals surface area (Å²) in [5, 5.41) is 3.39. The van der Waals surface area contributed by atoms with Gasteiger partial charge in [0.25, 0.3) is 0 Å². The van der Waals surface area contributed by atoms with E-state index in [9.17, 15) is 18.0 Å². The molecule has 2 aromatic carbocycles. The van der Waals surface area contributed by atoms with Crippen LogP contribution in [0.2, 0.25) is 5.02 Å². The molecule has 0 spiro atoms. The summed E-state index contributed by atoms with van der Waals surface area (Å²) in [4.78, 5) is 27.6. The van der Waals surface area contributed by atoms with Crippen LogP contribution in [0.4, 0.5) is 5.69 Å². The van der Waals surface area contributed by atoms with Gasteiger partial charge < -0.3 is 15.0 Å². The van der Waals surface area contributed by atoms with Crippen molar-refractivity contribution in [3.05, 3.63) is 59.1 Å². The van der Waals surface area contributed by atoms with Crippen molar-refractivity contribution in [3.63, 3.8) is 0 Å². The summed E-state index contributed by atoms with van der Waals surface area (Å²) in [5.41, 5.74) is 1.05. The molecule has 186 valence electrons. The molecule has 8 nitrogen and oxygen atoms in total. The summed E-state index contributed by atoms with van der Waals surface area (Å²) in [5.74, 6) is -0.137. The van der Waals surface area contributed by atoms with E-state index in [1.807, 2.05) is 13.8 Å². The largest absolute Gasteiger partial charge is 0.497 e. The Morgan fingerprint density at radius 2 is 1.74 bits per heavy atom. The van der Waals surface area contributed by atoms with Gasteiger partial charge in [0.15, 0.2) is 0 Å². The number of amides is 2. The standard InChI is InChI=1S/C24H32ClN3O5S/c1-17(2)14-26-24(30)18(3)27(15-19-9-11-20(25)12-10-19)23(29)16-28(34(5,31)32)21-7-6-8-22(13-21)33-4/h6-13,17-18H,14-16H2,1-5H3,(H,26,30)/t18-/m0/s1. The fourth-order valence-electron chi connectivity index (χ4n) is 3.20. The van der Waals surface area contributed by atoms with E-state index in [0.717, 1.165) is 16.1 Å². The first-order valence-corrected chi connectivity index (χ1v) is 13.1. The molecule has 2 rings (SSSR count). The number of carbonyl (C=O) groups is 2. The van der Waals surface area contributed by atoms with Crippen LogP contribution in [-0.4, -0.2) is 57.6 Å². The Morgan fingerprint density at radius 1 is 1.09 bits per heavy atom. The van der Waals surface area contributed by atoms with Crippen molar-refractivity contribution >= 4 is 39.1 Å². The molecular weight excluding hydrogens is 478 g/mol. The molecule has 0 aromatic heterocycles. The minimum atomic E-state index is -3.81. The topological polar surface area (TPSA) is 96.0 Å². The van der Waals surface area contributed by atoms with Crippen molar-refractivity contribution in [1.29, 1.82) is 0 Å². The summed E-state index contributed by atoms with van der Waals surface area (Å²) >= 11 is 5.98. The van der Waals surface area contributed by atoms with E-state index in [4.69, 9.17) is 16.3 Å². The molecule has 0 saturated heterocycles. The zero-order valence-corrected chi connectivity index (χ0v) is 21.7. The van der Waals surface area contributed by atoms with Gasteiger partial charge in [0.05, 0.1) is 19.1 Å². The zero-order chi connectivity index (χ0) is 25.5. The number of methoxy groups -OCH3 is 1. The summed E-state index contributed by atoms with van der Waals surface area (Å²) in [6, 6.07) is 12.5. The van der Waals surface area contributed by atoms with Crippen molar-refractivity contribution in [2.75, 3.05) is 30.8 Å². The number of hydrogen-bond acceptors (Lipinski definition) is 5. The van der Waals surface area contributed by atoms with Crippen LogP contribution in [0.1, 0.15) is 26.3 Å². The number of rotatable bonds is 11. The van der Waals surface area contributed by atoms with Crippen LogP contribution < -0.4 is 14.4 Å². The van der Waals surface area contributed by atoms with E-state index in [2.05, 4.69) is 5.32 Å². The molecule has 1 atom stereocenters. The number of benzene rings is 2. The lowest BCUT2D eigenvalue weighted by molar-refractivity contribution is -0.139. The fraction of sp³-hybridized carbons (Fsp3) is 0.417. The highest BCUT2D eigenvalue weighted by Crippen LogP contribution is 2.24. The van der Waals surface area contributed by atoms with Crippen LogP contribution in [0.5, 0.6) is 5.75 Å². The van der Waals surface area contributed by atoms with Crippen LogP contribution in [-0.2, 0) is 26.2 Å². The lowest BCUT2D eigenvalue weighted by atomic mass is 10.1. The van der Waals surface area contributed by atoms with Crippen LogP contribution in [0, 0.1) is 5.92 Å². The Hall–Kier alpha value is -2.78. The Morgan fingerprint density at radius 3 is 2.29 bits per heavy atom. The van der Waals surface area contributed by atoms with Crippen molar-refractivity contribution < 1.29 is 22.7 Å². The van der Waals surface area contributed by atoms with Crippen molar-refractivity contribution in [3.8, 4) is 5.75 Å². The first-order chi connectivity index (χ1) is 15.9. The SMILES string of the molecule is COc1cccc(N(CC(=O)N(Cc2ccc(Cl)cc2)[C@@H](C)C(=O)NCC(C)C)S(C)(=O)=O)c1. The first-order valence-electron chi connectivity index (χ1n) is 10.9. The number of carbonyl (C=O) groups excluding carboxylic acids is 2. The minimum absolute atomic E-state index is 0.113. The third-order valence-corrected chi connectivity index (χ3v) is 6.53. The quantitative estimate of drug-likeness (QED) is 0.501. The average Bonchev–Trinajstić information content (AvgIpc) is 2.79. The predicted molar refractivity (Wildman–Crippen MR) is 134 cm³/mol. The number of ether oxygens (including phenoxy) is 1. The highest BCUT2D eigenvalue weighted by molar-refractivity contribution is 7.92. The van der Waals surface area contributed by atoms with Crippen molar-refractivity contribution in [2.45, 2.75) is 33.4 Å². The van der Waals surface area contributed by atoms with Gasteiger partial charge in [0, 0.05) is 24.2 Å². The van der Waals surface area contributed by atoms with Crippen molar-refractivity contribution in [2.24, 2.45) is 5.92 Å². The van der Waals surface area contributed by atoms with E-state index < -0.39 is 28.5 Å². The number of sulfonamides is 1. The Kier molecular flexibility index (Phi) is 9.76. The van der Waals surface area contributed by atoms with Gasteiger partial charge in [-0.2, -0.15) is 0 Å². The molecule has 0 aliphatic rings. The minimum Gasteiger partial charge on any atom is -0.497 e. The second-order valence-corrected chi connectivity index (χ2v) is 10.8. The first kappa shape index (κ1) is 27.5. The van der Waals surface area contributed by atoms with Gasteiger partial charge in [-0.15, -0.1) is 0 Å². The Labute approximate surface area is 206 Å². The van der Waals surface area contributed by atoms with E-state index in [-0.39, 0.29) is 18.4 Å². The maximum absolute atomic E-state index is 13.5. The molecule has 0 fully saturated rings. The van der Waals surface area contributed by atoms with Crippen molar-refractivity contribution in [1.82, 2.24) is 10.2 Å². The van der Waals surface area contributed by atoms with Gasteiger partial charge in [-0.05, 0) is 42.7 Å². The van der Waals surface area contributed by atoms with Gasteiger partial charge in [0.1, 0.15) is 18.3 Å². The molecule has 34 heavy (non-hydrogen) atoms. The van der Waals surface area contributed by atoms with Crippen LogP contribution in [0.3, 0.4) is 0 Å². The number of nitrogens with one attached hydrogen (secondary N) is 1. The van der Waals surface area contributed by atoms with E-state index in [1.165, 1.54) is 18.1 Å². The van der Waals surface area contributed by atoms with E-state index in [1.54, 1.807) is 49.4 Å². The fourth-order valence-corrected chi connectivity index (χ4v) is 4.17. The smallest absolute Gasteiger partial charge is 0.244 e. The number of anilines is 1. The van der Waals surface area contributed by atoms with Gasteiger partial charge in [-0.25, -0.2) is 8.42 Å². The predicted octanol–water partition coefficient (Wildman–Crippen LogP) is 3.30. The third kappa shape index (κ3) is 7.92. The normalized spacial score (nSPS) is 12.2. The van der Waals surface area contributed by atoms with Crippen LogP contribution in [0.25, 0.3) is 0 Å². The second kappa shape index (κ2) is 12.1. The van der Waals surface area contributed by atoms with Crippen LogP contribution >= 0.6 is 11.6 Å². The lowest BCUT2D eigenvalue weighted by Crippen LogP contribution is -2.51. The summed E-state index contributed by atoms with van der Waals surface area (Å²) in [7, 11) is -2.33. The summed E-state index contributed by atoms with van der Waals surface area (Å²) in [6.07, 6.45) is 1.03. The van der Waals surface area contributed by atoms with Gasteiger partial charge in [-0.1, -0.05) is 43.6 Å². The van der Waals surface area contributed by atoms with Gasteiger partial charge in [0.2, 0.25) is 21.8 Å². The maximum Gasteiger partial charge on any atom is 0.244 e. The molecule has 0 aliphatic carbocycles. The molecule has 0 unspecified atom stereocenters. The third-order valence-electron chi connectivity index (χ3n) is 5.14. The average molecular weight is 510 g/mol. The summed E-state index contributed by atoms with van der Waals surface area (Å²) in [6.45, 7) is 5.67. The van der Waals surface area contributed by atoms with Crippen LogP contribution in [0.15, 0.2) is 48.5 Å². The Bertz CT molecular complexity index is 1090. The molecule has 0 saturated carbocycles. The molecule has 0 bridgehead atoms. The number of nitrogens with zero attached hydrogens (tertiary/aromatic N) is 2. The second-order valence-electron chi connectivity index (χ2n) is 8.43. The zero-order valence-electron chi connectivity index (χ0n) is 20.1. The number of hydrogen-bond donors (Lipinski definition) is 1. The molecule has 10 heteroatoms. The highest BCUT2D eigenvalue weighted by atomic mass is 35.5. The highest BCUT2D eigenvalue weighted by Gasteiger charge is 2.30. The lowest BCUT2D eigenvalue weighted by Gasteiger charge is -2.31.